The Morgan fingerprint density at radius 1 is 1.15 bits per heavy atom. The van der Waals surface area contributed by atoms with E-state index in [1.807, 2.05) is 55.8 Å². The fraction of sp³-hybridized carbons (Fsp3) is 0.308. The van der Waals surface area contributed by atoms with Crippen molar-refractivity contribution in [3.8, 4) is 11.3 Å². The average molecular weight is 442 g/mol. The summed E-state index contributed by atoms with van der Waals surface area (Å²) in [6, 6.07) is 13.6. The molecule has 0 bridgehead atoms. The summed E-state index contributed by atoms with van der Waals surface area (Å²) in [4.78, 5) is 22.2. The highest BCUT2D eigenvalue weighted by atomic mass is 16.3. The SMILES string of the molecule is Cn1cc(-c2ccc(Cc3cc(C(=O)NC4CCCCC4O)nc4ccccc34)cn2)cn1. The van der Waals surface area contributed by atoms with Crippen LogP contribution in [0.1, 0.15) is 47.3 Å². The van der Waals surface area contributed by atoms with Gasteiger partial charge in [-0.25, -0.2) is 4.98 Å². The van der Waals surface area contributed by atoms with Crippen molar-refractivity contribution in [2.75, 3.05) is 0 Å². The first-order valence-electron chi connectivity index (χ1n) is 11.4. The number of hydrogen-bond acceptors (Lipinski definition) is 5. The van der Waals surface area contributed by atoms with E-state index < -0.39 is 6.10 Å². The van der Waals surface area contributed by atoms with Crippen LogP contribution in [-0.2, 0) is 13.5 Å². The summed E-state index contributed by atoms with van der Waals surface area (Å²) in [6.45, 7) is 0. The van der Waals surface area contributed by atoms with Gasteiger partial charge in [-0.3, -0.25) is 14.5 Å². The van der Waals surface area contributed by atoms with Crippen LogP contribution in [-0.4, -0.2) is 42.9 Å². The van der Waals surface area contributed by atoms with E-state index >= 15 is 0 Å². The number of pyridine rings is 2. The van der Waals surface area contributed by atoms with Crippen molar-refractivity contribution in [2.24, 2.45) is 7.05 Å². The van der Waals surface area contributed by atoms with Crippen LogP contribution in [0.3, 0.4) is 0 Å². The van der Waals surface area contributed by atoms with Gasteiger partial charge in [0.2, 0.25) is 0 Å². The summed E-state index contributed by atoms with van der Waals surface area (Å²) >= 11 is 0. The summed E-state index contributed by atoms with van der Waals surface area (Å²) in [7, 11) is 1.88. The van der Waals surface area contributed by atoms with Gasteiger partial charge in [0.15, 0.2) is 0 Å². The summed E-state index contributed by atoms with van der Waals surface area (Å²) in [5, 5.41) is 18.5. The van der Waals surface area contributed by atoms with Crippen molar-refractivity contribution >= 4 is 16.8 Å². The molecule has 3 aromatic heterocycles. The second-order valence-electron chi connectivity index (χ2n) is 8.75. The van der Waals surface area contributed by atoms with Gasteiger partial charge in [0.05, 0.1) is 29.6 Å². The van der Waals surface area contributed by atoms with Gasteiger partial charge in [-0.2, -0.15) is 5.10 Å². The van der Waals surface area contributed by atoms with Crippen LogP contribution < -0.4 is 5.32 Å². The van der Waals surface area contributed by atoms with Crippen molar-refractivity contribution in [2.45, 2.75) is 44.2 Å². The van der Waals surface area contributed by atoms with E-state index in [4.69, 9.17) is 0 Å². The first-order valence-corrected chi connectivity index (χ1v) is 11.4. The molecular formula is C26H27N5O2. The highest BCUT2D eigenvalue weighted by Gasteiger charge is 2.25. The van der Waals surface area contributed by atoms with Crippen LogP contribution in [0.15, 0.2) is 61.1 Å². The number of amides is 1. The molecule has 1 aliphatic rings. The van der Waals surface area contributed by atoms with Gasteiger partial charge in [0.1, 0.15) is 5.69 Å². The normalized spacial score (nSPS) is 18.4. The second kappa shape index (κ2) is 9.11. The Morgan fingerprint density at radius 3 is 2.76 bits per heavy atom. The number of aliphatic hydroxyl groups is 1. The molecule has 0 aliphatic heterocycles. The van der Waals surface area contributed by atoms with Gasteiger partial charge in [-0.15, -0.1) is 0 Å². The van der Waals surface area contributed by atoms with Crippen molar-refractivity contribution in [3.63, 3.8) is 0 Å². The van der Waals surface area contributed by atoms with Crippen molar-refractivity contribution in [1.82, 2.24) is 25.1 Å². The number of aromatic nitrogens is 4. The molecule has 0 saturated heterocycles. The van der Waals surface area contributed by atoms with E-state index in [0.717, 1.165) is 59.0 Å². The van der Waals surface area contributed by atoms with Gasteiger partial charge < -0.3 is 10.4 Å². The van der Waals surface area contributed by atoms with Crippen molar-refractivity contribution in [3.05, 3.63) is 77.9 Å². The Balaban J connectivity index is 1.42. The number of nitrogens with zero attached hydrogens (tertiary/aromatic N) is 4. The Kier molecular flexibility index (Phi) is 5.88. The standard InChI is InChI=1S/C26H27N5O2/c1-31-16-19(15-28-31)21-11-10-17(14-27-21)12-18-13-24(29-22-7-3-2-6-20(18)22)26(33)30-23-8-4-5-9-25(23)32/h2-3,6-7,10-11,13-16,23,25,32H,4-5,8-9,12H2,1H3,(H,30,33). The van der Waals surface area contributed by atoms with Gasteiger partial charge in [0.25, 0.3) is 5.91 Å². The predicted octanol–water partition coefficient (Wildman–Crippen LogP) is 3.65. The van der Waals surface area contributed by atoms with E-state index in [0.29, 0.717) is 12.1 Å². The molecule has 0 spiro atoms. The van der Waals surface area contributed by atoms with E-state index in [2.05, 4.69) is 26.4 Å². The third kappa shape index (κ3) is 4.64. The minimum atomic E-state index is -0.493. The molecule has 168 valence electrons. The molecule has 1 aliphatic carbocycles. The number of carbonyl (C=O) groups is 1. The second-order valence-corrected chi connectivity index (χ2v) is 8.75. The van der Waals surface area contributed by atoms with Gasteiger partial charge in [-0.1, -0.05) is 37.1 Å². The first kappa shape index (κ1) is 21.3. The van der Waals surface area contributed by atoms with Crippen molar-refractivity contribution < 1.29 is 9.90 Å². The summed E-state index contributed by atoms with van der Waals surface area (Å²) in [5.41, 5.74) is 5.07. The Hall–Kier alpha value is -3.58. The molecule has 7 nitrogen and oxygen atoms in total. The molecule has 1 amide bonds. The number of aliphatic hydroxyl groups excluding tert-OH is 1. The number of nitrogens with one attached hydrogen (secondary N) is 1. The maximum atomic E-state index is 13.0. The largest absolute Gasteiger partial charge is 0.391 e. The number of carbonyl (C=O) groups excluding carboxylic acids is 1. The smallest absolute Gasteiger partial charge is 0.270 e. The predicted molar refractivity (Wildman–Crippen MR) is 127 cm³/mol. The van der Waals surface area contributed by atoms with Gasteiger partial charge in [0, 0.05) is 30.4 Å². The molecular weight excluding hydrogens is 414 g/mol. The topological polar surface area (TPSA) is 92.9 Å². The van der Waals surface area contributed by atoms with Crippen LogP contribution in [0, 0.1) is 0 Å². The number of benzene rings is 1. The number of hydrogen-bond donors (Lipinski definition) is 2. The van der Waals surface area contributed by atoms with Crippen LogP contribution in [0.4, 0.5) is 0 Å². The Morgan fingerprint density at radius 2 is 2.00 bits per heavy atom. The van der Waals surface area contributed by atoms with E-state index in [9.17, 15) is 9.90 Å². The number of para-hydroxylation sites is 1. The maximum absolute atomic E-state index is 13.0. The molecule has 1 fully saturated rings. The maximum Gasteiger partial charge on any atom is 0.270 e. The molecule has 33 heavy (non-hydrogen) atoms. The number of fused-ring (bicyclic) bond motifs is 1. The summed E-state index contributed by atoms with van der Waals surface area (Å²) in [6.07, 6.45) is 9.28. The highest BCUT2D eigenvalue weighted by molar-refractivity contribution is 5.96. The molecule has 7 heteroatoms. The zero-order chi connectivity index (χ0) is 22.8. The van der Waals surface area contributed by atoms with E-state index in [1.54, 1.807) is 10.9 Å². The van der Waals surface area contributed by atoms with Gasteiger partial charge in [-0.05, 0) is 48.6 Å². The Bertz CT molecular complexity index is 1280. The first-order chi connectivity index (χ1) is 16.1. The molecule has 3 heterocycles. The van der Waals surface area contributed by atoms with E-state index in [-0.39, 0.29) is 11.9 Å². The zero-order valence-corrected chi connectivity index (χ0v) is 18.6. The lowest BCUT2D eigenvalue weighted by atomic mass is 9.92. The molecule has 0 radical (unpaired) electrons. The average Bonchev–Trinajstić information content (AvgIpc) is 3.27. The van der Waals surface area contributed by atoms with Crippen LogP contribution >= 0.6 is 0 Å². The quantitative estimate of drug-likeness (QED) is 0.493. The minimum Gasteiger partial charge on any atom is -0.391 e. The lowest BCUT2D eigenvalue weighted by molar-refractivity contribution is 0.0714. The molecule has 1 aromatic carbocycles. The Labute approximate surface area is 192 Å². The number of rotatable bonds is 5. The van der Waals surface area contributed by atoms with E-state index in [1.165, 1.54) is 0 Å². The summed E-state index contributed by atoms with van der Waals surface area (Å²) < 4.78 is 1.76. The fourth-order valence-corrected chi connectivity index (χ4v) is 4.51. The molecule has 1 saturated carbocycles. The minimum absolute atomic E-state index is 0.216. The molecule has 2 atom stereocenters. The van der Waals surface area contributed by atoms with Crippen LogP contribution in [0.2, 0.25) is 0 Å². The number of aryl methyl sites for hydroxylation is 1. The van der Waals surface area contributed by atoms with Gasteiger partial charge >= 0.3 is 0 Å². The molecule has 2 N–H and O–H groups in total. The summed E-state index contributed by atoms with van der Waals surface area (Å²) in [5.74, 6) is -0.238. The lowest BCUT2D eigenvalue weighted by Crippen LogP contribution is -2.45. The lowest BCUT2D eigenvalue weighted by Gasteiger charge is -2.28. The molecule has 2 unspecified atom stereocenters. The van der Waals surface area contributed by atoms with Crippen molar-refractivity contribution in [1.29, 1.82) is 0 Å². The van der Waals surface area contributed by atoms with Crippen LogP contribution in [0.25, 0.3) is 22.2 Å². The van der Waals surface area contributed by atoms with Crippen LogP contribution in [0.5, 0.6) is 0 Å². The highest BCUT2D eigenvalue weighted by Crippen LogP contribution is 2.24. The third-order valence-corrected chi connectivity index (χ3v) is 6.30. The molecule has 4 aromatic rings. The third-order valence-electron chi connectivity index (χ3n) is 6.30. The zero-order valence-electron chi connectivity index (χ0n) is 18.6. The fourth-order valence-electron chi connectivity index (χ4n) is 4.51. The monoisotopic (exact) mass is 441 g/mol. The molecule has 5 rings (SSSR count).